The highest BCUT2D eigenvalue weighted by atomic mass is 35.5. The van der Waals surface area contributed by atoms with Crippen molar-refractivity contribution < 1.29 is 22.2 Å². The van der Waals surface area contributed by atoms with Crippen LogP contribution in [0.3, 0.4) is 0 Å². The van der Waals surface area contributed by atoms with Crippen LogP contribution in [0.25, 0.3) is 0 Å². The van der Waals surface area contributed by atoms with E-state index >= 15 is 0 Å². The van der Waals surface area contributed by atoms with E-state index in [1.807, 2.05) is 6.92 Å². The number of hydrogen-bond donors (Lipinski definition) is 2. The largest absolute Gasteiger partial charge is 0.348 e. The third kappa shape index (κ3) is 11.8. The third-order valence-electron chi connectivity index (χ3n) is 6.41. The number of piperidine rings is 2. The van der Waals surface area contributed by atoms with Gasteiger partial charge < -0.3 is 10.6 Å². The second-order valence-electron chi connectivity index (χ2n) is 9.24. The minimum absolute atomic E-state index is 0.134. The number of nitrogens with zero attached hydrogens (tertiary/aromatic N) is 1. The molecular formula is C28H38Cl2F3N3O2S. The first-order chi connectivity index (χ1) is 18.8. The molecular weight excluding hydrogens is 570 g/mol. The van der Waals surface area contributed by atoms with E-state index in [4.69, 9.17) is 23.2 Å². The molecule has 0 bridgehead atoms. The number of likely N-dealkylation sites (tertiary alicyclic amines) is 1. The Morgan fingerprint density at radius 3 is 2.21 bits per heavy atom. The Bertz CT molecular complexity index is 1030. The second-order valence-corrected chi connectivity index (χ2v) is 11.8. The Kier molecular flexibility index (Phi) is 16.0. The highest BCUT2D eigenvalue weighted by molar-refractivity contribution is 7.85. The summed E-state index contributed by atoms with van der Waals surface area (Å²) in [4.78, 5) is 15.4. The number of amides is 1. The fourth-order valence-corrected chi connectivity index (χ4v) is 5.79. The summed E-state index contributed by atoms with van der Waals surface area (Å²) in [5.74, 6) is -0.468. The van der Waals surface area contributed by atoms with Crippen LogP contribution in [0.1, 0.15) is 66.9 Å². The summed E-state index contributed by atoms with van der Waals surface area (Å²) < 4.78 is 46.2. The SMILES string of the molecule is C1CCNCC1.CCS(=O)c1ccc(Cl)cc1CNC(=O)c1cc(F)c(CN2CCCCC2)c(Cl)c1.FCF. The first-order valence-electron chi connectivity index (χ1n) is 13.3. The molecule has 4 rings (SSSR count). The molecule has 218 valence electrons. The smallest absolute Gasteiger partial charge is 0.251 e. The van der Waals surface area contributed by atoms with Crippen LogP contribution in [-0.4, -0.2) is 53.9 Å². The third-order valence-corrected chi connectivity index (χ3v) is 8.40. The molecule has 1 unspecified atom stereocenters. The summed E-state index contributed by atoms with van der Waals surface area (Å²) in [6, 6.07) is 7.78. The average molecular weight is 609 g/mol. The van der Waals surface area contributed by atoms with Crippen LogP contribution < -0.4 is 10.6 Å². The molecule has 0 saturated carbocycles. The van der Waals surface area contributed by atoms with Crippen molar-refractivity contribution in [3.05, 3.63) is 62.9 Å². The molecule has 1 amide bonds. The highest BCUT2D eigenvalue weighted by Gasteiger charge is 2.19. The van der Waals surface area contributed by atoms with Crippen LogP contribution in [0.15, 0.2) is 35.2 Å². The summed E-state index contributed by atoms with van der Waals surface area (Å²) in [7, 11) is -1.18. The van der Waals surface area contributed by atoms with E-state index in [2.05, 4.69) is 15.5 Å². The number of rotatable bonds is 7. The fourth-order valence-electron chi connectivity index (χ4n) is 4.37. The molecule has 2 N–H and O–H groups in total. The van der Waals surface area contributed by atoms with Crippen LogP contribution >= 0.6 is 23.2 Å². The van der Waals surface area contributed by atoms with Gasteiger partial charge in [0.05, 0.1) is 10.8 Å². The molecule has 0 aliphatic carbocycles. The summed E-state index contributed by atoms with van der Waals surface area (Å²) in [6.07, 6.45) is 7.63. The van der Waals surface area contributed by atoms with Crippen LogP contribution in [0.4, 0.5) is 13.2 Å². The summed E-state index contributed by atoms with van der Waals surface area (Å²) >= 11 is 12.4. The fraction of sp³-hybridized carbons (Fsp3) is 0.536. The zero-order valence-corrected chi connectivity index (χ0v) is 24.7. The van der Waals surface area contributed by atoms with E-state index in [0.717, 1.165) is 25.9 Å². The number of nitrogens with one attached hydrogen (secondary N) is 2. The summed E-state index contributed by atoms with van der Waals surface area (Å²) in [6.45, 7) is 5.01. The lowest BCUT2D eigenvalue weighted by Crippen LogP contribution is -2.29. The summed E-state index contributed by atoms with van der Waals surface area (Å²) in [5.41, 5.74) is 1.25. The van der Waals surface area contributed by atoms with Crippen molar-refractivity contribution in [2.75, 3.05) is 38.9 Å². The van der Waals surface area contributed by atoms with E-state index in [-0.39, 0.29) is 17.1 Å². The van der Waals surface area contributed by atoms with E-state index in [1.54, 1.807) is 18.2 Å². The topological polar surface area (TPSA) is 61.4 Å². The molecule has 5 nitrogen and oxygen atoms in total. The Morgan fingerprint density at radius 1 is 1.03 bits per heavy atom. The molecule has 2 saturated heterocycles. The molecule has 2 heterocycles. The Morgan fingerprint density at radius 2 is 1.67 bits per heavy atom. The molecule has 2 aliphatic heterocycles. The van der Waals surface area contributed by atoms with Crippen LogP contribution in [0, 0.1) is 5.82 Å². The lowest BCUT2D eigenvalue weighted by Gasteiger charge is -2.27. The van der Waals surface area contributed by atoms with Crippen molar-refractivity contribution in [2.24, 2.45) is 0 Å². The molecule has 0 aromatic heterocycles. The molecule has 2 fully saturated rings. The normalized spacial score (nSPS) is 16.3. The molecule has 11 heteroatoms. The van der Waals surface area contributed by atoms with Crippen molar-refractivity contribution >= 4 is 39.9 Å². The van der Waals surface area contributed by atoms with Crippen molar-refractivity contribution in [3.63, 3.8) is 0 Å². The maximum atomic E-state index is 14.7. The lowest BCUT2D eigenvalue weighted by atomic mass is 10.1. The molecule has 0 radical (unpaired) electrons. The number of hydrogen-bond acceptors (Lipinski definition) is 4. The monoisotopic (exact) mass is 607 g/mol. The second kappa shape index (κ2) is 18.7. The van der Waals surface area contributed by atoms with Gasteiger partial charge in [-0.2, -0.15) is 0 Å². The van der Waals surface area contributed by atoms with Gasteiger partial charge in [-0.3, -0.25) is 13.9 Å². The van der Waals surface area contributed by atoms with Crippen molar-refractivity contribution in [2.45, 2.75) is 63.4 Å². The lowest BCUT2D eigenvalue weighted by molar-refractivity contribution is 0.0950. The highest BCUT2D eigenvalue weighted by Crippen LogP contribution is 2.25. The van der Waals surface area contributed by atoms with E-state index < -0.39 is 29.5 Å². The van der Waals surface area contributed by atoms with E-state index in [1.165, 1.54) is 50.9 Å². The number of alkyl halides is 2. The Balaban J connectivity index is 0.000000506. The van der Waals surface area contributed by atoms with Crippen molar-refractivity contribution in [1.29, 1.82) is 0 Å². The number of halogens is 5. The van der Waals surface area contributed by atoms with Gasteiger partial charge >= 0.3 is 0 Å². The molecule has 2 aromatic rings. The first kappa shape index (κ1) is 33.6. The van der Waals surface area contributed by atoms with Crippen LogP contribution in [0.2, 0.25) is 10.0 Å². The zero-order valence-electron chi connectivity index (χ0n) is 22.3. The van der Waals surface area contributed by atoms with Gasteiger partial charge in [0.1, 0.15) is 5.82 Å². The van der Waals surface area contributed by atoms with Crippen LogP contribution in [-0.2, 0) is 23.9 Å². The van der Waals surface area contributed by atoms with Gasteiger partial charge in [0.25, 0.3) is 5.91 Å². The predicted octanol–water partition coefficient (Wildman–Crippen LogP) is 6.82. The number of carbonyl (C=O) groups is 1. The average Bonchev–Trinajstić information content (AvgIpc) is 2.95. The maximum Gasteiger partial charge on any atom is 0.251 e. The van der Waals surface area contributed by atoms with Crippen molar-refractivity contribution in [1.82, 2.24) is 15.5 Å². The minimum Gasteiger partial charge on any atom is -0.348 e. The molecule has 2 aliphatic rings. The van der Waals surface area contributed by atoms with E-state index in [0.29, 0.717) is 33.3 Å². The number of carbonyl (C=O) groups excluding carboxylic acids is 1. The van der Waals surface area contributed by atoms with E-state index in [9.17, 15) is 22.2 Å². The van der Waals surface area contributed by atoms with Crippen molar-refractivity contribution in [3.8, 4) is 0 Å². The van der Waals surface area contributed by atoms with Gasteiger partial charge in [0.2, 0.25) is 6.93 Å². The Labute approximate surface area is 242 Å². The standard InChI is InChI=1S/C22H25Cl2FN2O2S.C5H11N.CH2F2/c1-2-30(29)21-7-6-17(23)10-16(21)13-26-22(28)15-11-19(24)18(20(25)12-15)14-27-8-4-3-5-9-27;1-2-4-6-5-3-1;2-1-3/h6-7,10-12H,2-5,8-9,13-14H2,1H3,(H,26,28);6H,1-5H2;1H2. The van der Waals surface area contributed by atoms with Gasteiger partial charge in [-0.05, 0) is 87.8 Å². The first-order valence-corrected chi connectivity index (χ1v) is 15.4. The number of benzene rings is 2. The Hall–Kier alpha value is -1.65. The van der Waals surface area contributed by atoms with Gasteiger partial charge in [0.15, 0.2) is 0 Å². The molecule has 0 spiro atoms. The predicted molar refractivity (Wildman–Crippen MR) is 154 cm³/mol. The summed E-state index contributed by atoms with van der Waals surface area (Å²) in [5, 5.41) is 6.78. The van der Waals surface area contributed by atoms with Gasteiger partial charge in [-0.25, -0.2) is 13.2 Å². The minimum atomic E-state index is -1.75. The molecule has 2 aromatic carbocycles. The molecule has 39 heavy (non-hydrogen) atoms. The zero-order chi connectivity index (χ0) is 28.6. The molecule has 1 atom stereocenters. The maximum absolute atomic E-state index is 14.7. The van der Waals surface area contributed by atoms with Gasteiger partial charge in [-0.1, -0.05) is 43.0 Å². The van der Waals surface area contributed by atoms with Gasteiger partial charge in [0, 0.05) is 44.9 Å². The van der Waals surface area contributed by atoms with Gasteiger partial charge in [-0.15, -0.1) is 0 Å². The quantitative estimate of drug-likeness (QED) is 0.362. The van der Waals surface area contributed by atoms with Crippen LogP contribution in [0.5, 0.6) is 0 Å².